The third kappa shape index (κ3) is 3.88. The highest BCUT2D eigenvalue weighted by Gasteiger charge is 2.33. The molecule has 5 heteroatoms. The molecule has 2 heterocycles. The van der Waals surface area contributed by atoms with E-state index in [9.17, 15) is 4.79 Å². The van der Waals surface area contributed by atoms with Crippen LogP contribution in [-0.2, 0) is 4.79 Å². The second kappa shape index (κ2) is 7.80. The molecule has 3 aromatic rings. The van der Waals surface area contributed by atoms with Crippen molar-refractivity contribution in [2.45, 2.75) is 32.7 Å². The summed E-state index contributed by atoms with van der Waals surface area (Å²) in [5.74, 6) is 1.04. The molecular formula is C23H23N3O2. The predicted octanol–water partition coefficient (Wildman–Crippen LogP) is 4.73. The topological polar surface area (TPSA) is 59.2 Å². The summed E-state index contributed by atoms with van der Waals surface area (Å²) in [4.78, 5) is 19.1. The fourth-order valence-electron chi connectivity index (χ4n) is 3.42. The minimum atomic E-state index is -0.165. The van der Waals surface area contributed by atoms with E-state index in [4.69, 9.17) is 4.52 Å². The molecule has 1 aromatic heterocycles. The van der Waals surface area contributed by atoms with E-state index in [1.54, 1.807) is 6.08 Å². The Labute approximate surface area is 164 Å². The molecule has 28 heavy (non-hydrogen) atoms. The predicted molar refractivity (Wildman–Crippen MR) is 108 cm³/mol. The standard InChI is InChI=1S/C23H23N3O2/c1-16-5-9-18(10-6-16)11-14-21(27)26-15-3-4-20(26)23-24-22(25-28-23)19-12-7-17(2)8-13-19/h5-14,20H,3-4,15H2,1-2H3. The maximum absolute atomic E-state index is 12.7. The maximum atomic E-state index is 12.7. The fourth-order valence-corrected chi connectivity index (χ4v) is 3.42. The first kappa shape index (κ1) is 18.2. The van der Waals surface area contributed by atoms with Gasteiger partial charge in [-0.25, -0.2) is 0 Å². The Morgan fingerprint density at radius 2 is 1.75 bits per heavy atom. The molecular weight excluding hydrogens is 350 g/mol. The quantitative estimate of drug-likeness (QED) is 0.620. The molecule has 1 amide bonds. The first-order valence-electron chi connectivity index (χ1n) is 9.56. The number of carbonyl (C=O) groups excluding carboxylic acids is 1. The van der Waals surface area contributed by atoms with Gasteiger partial charge >= 0.3 is 0 Å². The average Bonchev–Trinajstić information content (AvgIpc) is 3.37. The molecule has 1 unspecified atom stereocenters. The SMILES string of the molecule is Cc1ccc(C=CC(=O)N2CCCC2c2nc(-c3ccc(C)cc3)no2)cc1. The zero-order valence-corrected chi connectivity index (χ0v) is 16.1. The van der Waals surface area contributed by atoms with Gasteiger partial charge in [0.05, 0.1) is 0 Å². The third-order valence-electron chi connectivity index (χ3n) is 5.07. The number of aryl methyl sites for hydroxylation is 2. The van der Waals surface area contributed by atoms with Crippen molar-refractivity contribution in [2.24, 2.45) is 0 Å². The lowest BCUT2D eigenvalue weighted by atomic mass is 10.1. The van der Waals surface area contributed by atoms with E-state index in [0.29, 0.717) is 18.3 Å². The molecule has 1 saturated heterocycles. The number of benzene rings is 2. The van der Waals surface area contributed by atoms with E-state index in [-0.39, 0.29) is 11.9 Å². The van der Waals surface area contributed by atoms with Crippen molar-refractivity contribution in [1.82, 2.24) is 15.0 Å². The third-order valence-corrected chi connectivity index (χ3v) is 5.07. The van der Waals surface area contributed by atoms with Crippen LogP contribution in [-0.4, -0.2) is 27.5 Å². The molecule has 142 valence electrons. The van der Waals surface area contributed by atoms with Crippen LogP contribution < -0.4 is 0 Å². The summed E-state index contributed by atoms with van der Waals surface area (Å²) in [5.41, 5.74) is 4.30. The zero-order valence-electron chi connectivity index (χ0n) is 16.1. The van der Waals surface area contributed by atoms with Gasteiger partial charge in [0.2, 0.25) is 17.6 Å². The van der Waals surface area contributed by atoms with Crippen LogP contribution in [0.25, 0.3) is 17.5 Å². The van der Waals surface area contributed by atoms with Crippen molar-refractivity contribution >= 4 is 12.0 Å². The van der Waals surface area contributed by atoms with E-state index in [1.165, 1.54) is 11.1 Å². The number of rotatable bonds is 4. The number of likely N-dealkylation sites (tertiary alicyclic amines) is 1. The van der Waals surface area contributed by atoms with E-state index >= 15 is 0 Å². The van der Waals surface area contributed by atoms with E-state index in [1.807, 2.05) is 73.4 Å². The van der Waals surface area contributed by atoms with Gasteiger partial charge < -0.3 is 9.42 Å². The fraction of sp³-hybridized carbons (Fsp3) is 0.261. The number of carbonyl (C=O) groups is 1. The molecule has 0 saturated carbocycles. The van der Waals surface area contributed by atoms with Gasteiger partial charge in [0.25, 0.3) is 0 Å². The average molecular weight is 373 g/mol. The first-order chi connectivity index (χ1) is 13.6. The van der Waals surface area contributed by atoms with Crippen LogP contribution in [0, 0.1) is 13.8 Å². The molecule has 0 bridgehead atoms. The van der Waals surface area contributed by atoms with Crippen LogP contribution in [0.15, 0.2) is 59.1 Å². The monoisotopic (exact) mass is 373 g/mol. The van der Waals surface area contributed by atoms with Crippen LogP contribution >= 0.6 is 0 Å². The molecule has 0 radical (unpaired) electrons. The zero-order chi connectivity index (χ0) is 19.5. The molecule has 4 rings (SSSR count). The number of hydrogen-bond donors (Lipinski definition) is 0. The Morgan fingerprint density at radius 3 is 2.46 bits per heavy atom. The van der Waals surface area contributed by atoms with Crippen LogP contribution in [0.3, 0.4) is 0 Å². The van der Waals surface area contributed by atoms with Crippen LogP contribution in [0.2, 0.25) is 0 Å². The molecule has 5 nitrogen and oxygen atoms in total. The van der Waals surface area contributed by atoms with Crippen LogP contribution in [0.1, 0.15) is 41.5 Å². The largest absolute Gasteiger partial charge is 0.337 e. The number of aromatic nitrogens is 2. The van der Waals surface area contributed by atoms with Crippen molar-refractivity contribution in [3.63, 3.8) is 0 Å². The molecule has 2 aromatic carbocycles. The van der Waals surface area contributed by atoms with Crippen molar-refractivity contribution < 1.29 is 9.32 Å². The smallest absolute Gasteiger partial charge is 0.249 e. The van der Waals surface area contributed by atoms with Gasteiger partial charge in [-0.2, -0.15) is 4.98 Å². The van der Waals surface area contributed by atoms with Gasteiger partial charge in [0, 0.05) is 18.2 Å². The first-order valence-corrected chi connectivity index (χ1v) is 9.56. The van der Waals surface area contributed by atoms with Gasteiger partial charge in [-0.15, -0.1) is 0 Å². The van der Waals surface area contributed by atoms with Gasteiger partial charge in [-0.3, -0.25) is 4.79 Å². The Kier molecular flexibility index (Phi) is 5.06. The van der Waals surface area contributed by atoms with Crippen molar-refractivity contribution in [2.75, 3.05) is 6.54 Å². The van der Waals surface area contributed by atoms with Gasteiger partial charge in [-0.05, 0) is 38.3 Å². The molecule has 1 aliphatic heterocycles. The summed E-state index contributed by atoms with van der Waals surface area (Å²) >= 11 is 0. The molecule has 1 fully saturated rings. The second-order valence-corrected chi connectivity index (χ2v) is 7.26. The Hall–Kier alpha value is -3.21. The van der Waals surface area contributed by atoms with Crippen LogP contribution in [0.5, 0.6) is 0 Å². The summed E-state index contributed by atoms with van der Waals surface area (Å²) < 4.78 is 5.51. The highest BCUT2D eigenvalue weighted by molar-refractivity contribution is 5.92. The highest BCUT2D eigenvalue weighted by Crippen LogP contribution is 2.32. The van der Waals surface area contributed by atoms with Crippen molar-refractivity contribution in [3.05, 3.63) is 77.2 Å². The van der Waals surface area contributed by atoms with E-state index in [0.717, 1.165) is 24.0 Å². The summed E-state index contributed by atoms with van der Waals surface area (Å²) in [5, 5.41) is 4.11. The Balaban J connectivity index is 1.49. The van der Waals surface area contributed by atoms with Gasteiger partial charge in [0.1, 0.15) is 6.04 Å². The summed E-state index contributed by atoms with van der Waals surface area (Å²) in [7, 11) is 0. The van der Waals surface area contributed by atoms with E-state index in [2.05, 4.69) is 10.1 Å². The Bertz CT molecular complexity index is 987. The molecule has 1 atom stereocenters. The molecule has 0 N–H and O–H groups in total. The molecule has 0 aliphatic carbocycles. The molecule has 0 spiro atoms. The lowest BCUT2D eigenvalue weighted by Gasteiger charge is -2.20. The number of amides is 1. The van der Waals surface area contributed by atoms with Gasteiger partial charge in [-0.1, -0.05) is 64.8 Å². The normalized spacial score (nSPS) is 16.8. The van der Waals surface area contributed by atoms with Crippen LogP contribution in [0.4, 0.5) is 0 Å². The van der Waals surface area contributed by atoms with Crippen molar-refractivity contribution in [1.29, 1.82) is 0 Å². The number of nitrogens with zero attached hydrogens (tertiary/aromatic N) is 3. The van der Waals surface area contributed by atoms with E-state index < -0.39 is 0 Å². The minimum Gasteiger partial charge on any atom is -0.337 e. The lowest BCUT2D eigenvalue weighted by Crippen LogP contribution is -2.29. The lowest BCUT2D eigenvalue weighted by molar-refractivity contribution is -0.127. The summed E-state index contributed by atoms with van der Waals surface area (Å²) in [6, 6.07) is 15.9. The van der Waals surface area contributed by atoms with Gasteiger partial charge in [0.15, 0.2) is 0 Å². The minimum absolute atomic E-state index is 0.0295. The summed E-state index contributed by atoms with van der Waals surface area (Å²) in [6.07, 6.45) is 5.24. The second-order valence-electron chi connectivity index (χ2n) is 7.26. The summed E-state index contributed by atoms with van der Waals surface area (Å²) in [6.45, 7) is 4.78. The van der Waals surface area contributed by atoms with Crippen molar-refractivity contribution in [3.8, 4) is 11.4 Å². The molecule has 1 aliphatic rings. The number of hydrogen-bond acceptors (Lipinski definition) is 4. The Morgan fingerprint density at radius 1 is 1.07 bits per heavy atom. The highest BCUT2D eigenvalue weighted by atomic mass is 16.5. The maximum Gasteiger partial charge on any atom is 0.249 e.